The third kappa shape index (κ3) is 32.1. The highest BCUT2D eigenvalue weighted by Crippen LogP contribution is 2.15. The lowest BCUT2D eigenvalue weighted by atomic mass is 10.0. The molecule has 0 amide bonds. The predicted molar refractivity (Wildman–Crippen MR) is 171 cm³/mol. The molecular formula is C36H62O2. The first kappa shape index (κ1) is 38.2. The molecule has 0 aromatic heterocycles. The second-order valence-corrected chi connectivity index (χ2v) is 11.9. The van der Waals surface area contributed by atoms with Crippen LogP contribution in [-0.2, 0) is 9.59 Å². The van der Waals surface area contributed by atoms with E-state index < -0.39 is 0 Å². The summed E-state index contributed by atoms with van der Waals surface area (Å²) in [5, 5.41) is 0. The van der Waals surface area contributed by atoms with Crippen molar-refractivity contribution < 1.29 is 9.59 Å². The zero-order valence-corrected chi connectivity index (χ0v) is 27.0. The first-order valence-corrected chi connectivity index (χ1v) is 15.1. The molecule has 38 heavy (non-hydrogen) atoms. The number of Topliss-reactive ketones (excluding diaryl/α,β-unsaturated/α-hetero) is 2. The van der Waals surface area contributed by atoms with E-state index in [0.717, 1.165) is 50.9 Å². The van der Waals surface area contributed by atoms with Crippen LogP contribution < -0.4 is 0 Å². The standard InChI is InChI=1S/C18H32O.C18H30O/c2*1-15(2)9-6-10-16(3)11-7-12-17(4)13-8-14-18(5)19/h10,13,15H,6-9,11-12,14H2,1-5H3;9,11,13H,6-8,10,12,14H2,1-5H3. The molecular weight excluding hydrogens is 464 g/mol. The summed E-state index contributed by atoms with van der Waals surface area (Å²) in [5.74, 6) is 1.36. The van der Waals surface area contributed by atoms with Crippen molar-refractivity contribution in [1.82, 2.24) is 0 Å². The summed E-state index contributed by atoms with van der Waals surface area (Å²) in [6, 6.07) is 0. The first-order valence-electron chi connectivity index (χ1n) is 15.1. The van der Waals surface area contributed by atoms with Gasteiger partial charge in [0.1, 0.15) is 11.6 Å². The van der Waals surface area contributed by atoms with Crippen LogP contribution in [-0.4, -0.2) is 11.6 Å². The SMILES string of the molecule is CC(=O)CCC=C(C)CCC=C(C)CCC=C(C)C.CC(=O)CCC=C(C)CCCC(C)=CCCC(C)C. The minimum atomic E-state index is 0.277. The number of rotatable bonds is 19. The fraction of sp³-hybridized carbons (Fsp3) is 0.667. The van der Waals surface area contributed by atoms with E-state index in [1.807, 2.05) is 0 Å². The van der Waals surface area contributed by atoms with Gasteiger partial charge >= 0.3 is 0 Å². The zero-order valence-electron chi connectivity index (χ0n) is 27.0. The maximum atomic E-state index is 10.8. The molecule has 0 aliphatic carbocycles. The van der Waals surface area contributed by atoms with Crippen LogP contribution in [0, 0.1) is 5.92 Å². The lowest BCUT2D eigenvalue weighted by Gasteiger charge is -2.04. The molecule has 0 unspecified atom stereocenters. The van der Waals surface area contributed by atoms with Crippen LogP contribution in [0.3, 0.4) is 0 Å². The molecule has 0 aliphatic heterocycles. The Bertz CT molecular complexity index is 795. The van der Waals surface area contributed by atoms with Crippen molar-refractivity contribution in [3.05, 3.63) is 58.2 Å². The summed E-state index contributed by atoms with van der Waals surface area (Å²) in [5.41, 5.74) is 7.23. The normalized spacial score (nSPS) is 12.8. The van der Waals surface area contributed by atoms with Gasteiger partial charge in [-0.25, -0.2) is 0 Å². The summed E-state index contributed by atoms with van der Waals surface area (Å²) in [6.07, 6.45) is 25.3. The molecule has 0 aliphatic rings. The van der Waals surface area contributed by atoms with Crippen molar-refractivity contribution in [3.63, 3.8) is 0 Å². The number of ketones is 2. The highest BCUT2D eigenvalue weighted by Gasteiger charge is 1.97. The van der Waals surface area contributed by atoms with E-state index in [2.05, 4.69) is 85.8 Å². The Morgan fingerprint density at radius 3 is 1.18 bits per heavy atom. The summed E-state index contributed by atoms with van der Waals surface area (Å²) in [7, 11) is 0. The average Bonchev–Trinajstić information content (AvgIpc) is 2.78. The van der Waals surface area contributed by atoms with Crippen molar-refractivity contribution in [2.75, 3.05) is 0 Å². The van der Waals surface area contributed by atoms with E-state index in [9.17, 15) is 9.59 Å². The van der Waals surface area contributed by atoms with Gasteiger partial charge in [-0.3, -0.25) is 0 Å². The van der Waals surface area contributed by atoms with Gasteiger partial charge in [-0.1, -0.05) is 72.1 Å². The molecule has 0 fully saturated rings. The maximum absolute atomic E-state index is 10.8. The van der Waals surface area contributed by atoms with Crippen molar-refractivity contribution in [1.29, 1.82) is 0 Å². The van der Waals surface area contributed by atoms with Crippen LogP contribution in [0.15, 0.2) is 58.2 Å². The van der Waals surface area contributed by atoms with Gasteiger partial charge in [-0.15, -0.1) is 0 Å². The molecule has 0 aromatic rings. The molecule has 218 valence electrons. The van der Waals surface area contributed by atoms with Crippen LogP contribution in [0.5, 0.6) is 0 Å². The predicted octanol–water partition coefficient (Wildman–Crippen LogP) is 11.6. The van der Waals surface area contributed by atoms with Gasteiger partial charge in [-0.2, -0.15) is 0 Å². The van der Waals surface area contributed by atoms with E-state index in [0.29, 0.717) is 12.8 Å². The summed E-state index contributed by atoms with van der Waals surface area (Å²) < 4.78 is 0. The fourth-order valence-electron chi connectivity index (χ4n) is 3.90. The van der Waals surface area contributed by atoms with Crippen molar-refractivity contribution in [3.8, 4) is 0 Å². The molecule has 0 aromatic carbocycles. The Kier molecular flexibility index (Phi) is 25.5. The Morgan fingerprint density at radius 2 is 0.816 bits per heavy atom. The van der Waals surface area contributed by atoms with Crippen molar-refractivity contribution >= 4 is 11.6 Å². The Hall–Kier alpha value is -1.96. The van der Waals surface area contributed by atoms with Gasteiger partial charge in [0.15, 0.2) is 0 Å². The van der Waals surface area contributed by atoms with Crippen LogP contribution in [0.25, 0.3) is 0 Å². The van der Waals surface area contributed by atoms with Crippen molar-refractivity contribution in [2.24, 2.45) is 5.92 Å². The molecule has 0 N–H and O–H groups in total. The van der Waals surface area contributed by atoms with Gasteiger partial charge in [0.2, 0.25) is 0 Å². The summed E-state index contributed by atoms with van der Waals surface area (Å²) in [6.45, 7) is 21.0. The maximum Gasteiger partial charge on any atom is 0.130 e. The number of hydrogen-bond donors (Lipinski definition) is 0. The molecule has 0 radical (unpaired) electrons. The smallest absolute Gasteiger partial charge is 0.130 e. The van der Waals surface area contributed by atoms with Gasteiger partial charge in [0, 0.05) is 12.8 Å². The number of allylic oxidation sites excluding steroid dienone is 10. The monoisotopic (exact) mass is 526 g/mol. The largest absolute Gasteiger partial charge is 0.300 e. The quantitative estimate of drug-likeness (QED) is 0.157. The fourth-order valence-corrected chi connectivity index (χ4v) is 3.90. The molecule has 2 heteroatoms. The molecule has 0 saturated heterocycles. The number of carbonyl (C=O) groups is 2. The lowest BCUT2D eigenvalue weighted by Crippen LogP contribution is -1.88. The molecule has 0 saturated carbocycles. The highest BCUT2D eigenvalue weighted by molar-refractivity contribution is 5.75. The Morgan fingerprint density at radius 1 is 0.474 bits per heavy atom. The third-order valence-corrected chi connectivity index (χ3v) is 6.48. The van der Waals surface area contributed by atoms with Gasteiger partial charge in [0.25, 0.3) is 0 Å². The van der Waals surface area contributed by atoms with Gasteiger partial charge < -0.3 is 9.59 Å². The van der Waals surface area contributed by atoms with E-state index in [1.54, 1.807) is 13.8 Å². The minimum absolute atomic E-state index is 0.277. The van der Waals surface area contributed by atoms with Crippen LogP contribution >= 0.6 is 0 Å². The van der Waals surface area contributed by atoms with E-state index in [4.69, 9.17) is 0 Å². The van der Waals surface area contributed by atoms with Crippen LogP contribution in [0.2, 0.25) is 0 Å². The second kappa shape index (κ2) is 25.3. The van der Waals surface area contributed by atoms with Crippen LogP contribution in [0.1, 0.15) is 153 Å². The first-order chi connectivity index (χ1) is 17.8. The zero-order chi connectivity index (χ0) is 29.3. The molecule has 0 bridgehead atoms. The topological polar surface area (TPSA) is 34.1 Å². The number of carbonyl (C=O) groups excluding carboxylic acids is 2. The third-order valence-electron chi connectivity index (χ3n) is 6.48. The Labute approximate surface area is 237 Å². The molecule has 0 atom stereocenters. The number of hydrogen-bond acceptors (Lipinski definition) is 2. The molecule has 0 heterocycles. The van der Waals surface area contributed by atoms with Gasteiger partial charge in [0.05, 0.1) is 0 Å². The summed E-state index contributed by atoms with van der Waals surface area (Å²) >= 11 is 0. The summed E-state index contributed by atoms with van der Waals surface area (Å²) in [4.78, 5) is 21.7. The van der Waals surface area contributed by atoms with E-state index >= 15 is 0 Å². The van der Waals surface area contributed by atoms with Gasteiger partial charge in [-0.05, 0) is 132 Å². The highest BCUT2D eigenvalue weighted by atomic mass is 16.1. The van der Waals surface area contributed by atoms with Crippen molar-refractivity contribution in [2.45, 2.75) is 153 Å². The minimum Gasteiger partial charge on any atom is -0.300 e. The second-order valence-electron chi connectivity index (χ2n) is 11.9. The van der Waals surface area contributed by atoms with E-state index in [1.165, 1.54) is 53.5 Å². The van der Waals surface area contributed by atoms with E-state index in [-0.39, 0.29) is 11.6 Å². The average molecular weight is 527 g/mol. The van der Waals surface area contributed by atoms with Crippen LogP contribution in [0.4, 0.5) is 0 Å². The lowest BCUT2D eigenvalue weighted by molar-refractivity contribution is -0.117. The Balaban J connectivity index is 0. The molecule has 0 rings (SSSR count). The molecule has 0 spiro atoms. The molecule has 2 nitrogen and oxygen atoms in total.